The van der Waals surface area contributed by atoms with Gasteiger partial charge in [-0.05, 0) is 48.4 Å². The molecule has 0 atom stereocenters. The van der Waals surface area contributed by atoms with Crippen LogP contribution in [0.5, 0.6) is 11.5 Å². The van der Waals surface area contributed by atoms with E-state index in [9.17, 15) is 9.59 Å². The molecule has 0 unspecified atom stereocenters. The van der Waals surface area contributed by atoms with E-state index in [2.05, 4.69) is 11.9 Å². The molecule has 31 heavy (non-hydrogen) atoms. The third kappa shape index (κ3) is 5.92. The Morgan fingerprint density at radius 1 is 1.10 bits per heavy atom. The Kier molecular flexibility index (Phi) is 7.76. The van der Waals surface area contributed by atoms with Gasteiger partial charge < -0.3 is 15.2 Å². The predicted octanol–water partition coefficient (Wildman–Crippen LogP) is 4.36. The number of hydrogen-bond acceptors (Lipinski definition) is 5. The summed E-state index contributed by atoms with van der Waals surface area (Å²) in [5, 5.41) is 0. The Bertz CT molecular complexity index is 1020. The van der Waals surface area contributed by atoms with Crippen LogP contribution in [0.1, 0.15) is 51.6 Å². The zero-order chi connectivity index (χ0) is 22.1. The fourth-order valence-corrected chi connectivity index (χ4v) is 3.24. The van der Waals surface area contributed by atoms with Gasteiger partial charge in [0.25, 0.3) is 0 Å². The second-order valence-electron chi connectivity index (χ2n) is 7.06. The van der Waals surface area contributed by atoms with Gasteiger partial charge in [0.05, 0.1) is 12.2 Å². The van der Waals surface area contributed by atoms with Crippen molar-refractivity contribution in [1.82, 2.24) is 4.98 Å². The number of carbonyl (C=O) groups excluding carboxylic acids is 2. The average Bonchev–Trinajstić information content (AvgIpc) is 2.80. The Labute approximate surface area is 182 Å². The van der Waals surface area contributed by atoms with Crippen LogP contribution in [0.25, 0.3) is 0 Å². The van der Waals surface area contributed by atoms with E-state index < -0.39 is 0 Å². The highest BCUT2D eigenvalue weighted by atomic mass is 16.5. The van der Waals surface area contributed by atoms with Crippen LogP contribution in [0.2, 0.25) is 0 Å². The van der Waals surface area contributed by atoms with Gasteiger partial charge >= 0.3 is 0 Å². The summed E-state index contributed by atoms with van der Waals surface area (Å²) < 4.78 is 11.7. The third-order valence-electron chi connectivity index (χ3n) is 4.80. The van der Waals surface area contributed by atoms with Gasteiger partial charge in [-0.2, -0.15) is 0 Å². The van der Waals surface area contributed by atoms with Crippen molar-refractivity contribution < 1.29 is 19.1 Å². The van der Waals surface area contributed by atoms with Crippen molar-refractivity contribution >= 4 is 11.7 Å². The van der Waals surface area contributed by atoms with Crippen molar-refractivity contribution in [2.75, 3.05) is 6.61 Å². The van der Waals surface area contributed by atoms with Crippen LogP contribution >= 0.6 is 0 Å². The third-order valence-corrected chi connectivity index (χ3v) is 4.80. The molecule has 2 aromatic carbocycles. The van der Waals surface area contributed by atoms with E-state index in [1.165, 1.54) is 0 Å². The van der Waals surface area contributed by atoms with E-state index in [-0.39, 0.29) is 11.7 Å². The second kappa shape index (κ2) is 10.9. The highest BCUT2D eigenvalue weighted by Crippen LogP contribution is 2.36. The summed E-state index contributed by atoms with van der Waals surface area (Å²) in [6.07, 6.45) is 5.76. The van der Waals surface area contributed by atoms with Crippen molar-refractivity contribution in [3.8, 4) is 11.5 Å². The van der Waals surface area contributed by atoms with Gasteiger partial charge in [0.15, 0.2) is 5.78 Å². The fraction of sp³-hybridized carbons (Fsp3) is 0.240. The molecule has 160 valence electrons. The maximum atomic E-state index is 12.0. The molecule has 1 amide bonds. The van der Waals surface area contributed by atoms with E-state index >= 15 is 0 Å². The monoisotopic (exact) mass is 418 g/mol. The number of aromatic nitrogens is 1. The summed E-state index contributed by atoms with van der Waals surface area (Å²) >= 11 is 0. The smallest absolute Gasteiger partial charge is 0.248 e. The number of carbonyl (C=O) groups is 2. The van der Waals surface area contributed by atoms with Gasteiger partial charge in [-0.15, -0.1) is 0 Å². The average molecular weight is 418 g/mol. The van der Waals surface area contributed by atoms with E-state index in [4.69, 9.17) is 15.2 Å². The summed E-state index contributed by atoms with van der Waals surface area (Å²) in [6, 6.07) is 16.3. The van der Waals surface area contributed by atoms with Gasteiger partial charge in [0.2, 0.25) is 5.91 Å². The zero-order valence-electron chi connectivity index (χ0n) is 17.5. The molecule has 2 heterocycles. The summed E-state index contributed by atoms with van der Waals surface area (Å²) in [4.78, 5) is 26.4. The van der Waals surface area contributed by atoms with Crippen LogP contribution in [0, 0.1) is 0 Å². The van der Waals surface area contributed by atoms with Gasteiger partial charge in [0.1, 0.15) is 18.1 Å². The van der Waals surface area contributed by atoms with E-state index in [1.807, 2.05) is 30.3 Å². The minimum Gasteiger partial charge on any atom is -0.492 e. The van der Waals surface area contributed by atoms with Crippen LogP contribution < -0.4 is 15.2 Å². The van der Waals surface area contributed by atoms with Gasteiger partial charge in [-0.25, -0.2) is 0 Å². The highest BCUT2D eigenvalue weighted by molar-refractivity contribution is 6.00. The molecular formula is C25H26N2O4. The Balaban J connectivity index is 0.000000254. The standard InChI is InChI=1S/C18H19NO3.C7H7NO/c1-2-3-15-17(22-12-13-6-9-19-10-7-13)5-4-14-16(20)8-11-21-18(14)15;8-7(9)6-4-2-1-3-5-6/h4-7,9-10H,2-3,8,11-12H2,1H3;1-5H,(H2,8,9). The Morgan fingerprint density at radius 3 is 2.48 bits per heavy atom. The van der Waals surface area contributed by atoms with E-state index in [0.29, 0.717) is 36.5 Å². The summed E-state index contributed by atoms with van der Waals surface area (Å²) in [5.41, 5.74) is 8.28. The van der Waals surface area contributed by atoms with Crippen LogP contribution in [0.4, 0.5) is 0 Å². The van der Waals surface area contributed by atoms with Crippen molar-refractivity contribution in [3.63, 3.8) is 0 Å². The minimum absolute atomic E-state index is 0.152. The number of pyridine rings is 1. The molecule has 0 saturated heterocycles. The minimum atomic E-state index is -0.379. The lowest BCUT2D eigenvalue weighted by Crippen LogP contribution is -2.17. The van der Waals surface area contributed by atoms with Crippen LogP contribution in [0.3, 0.4) is 0 Å². The van der Waals surface area contributed by atoms with Gasteiger partial charge in [-0.3, -0.25) is 14.6 Å². The van der Waals surface area contributed by atoms with E-state index in [0.717, 1.165) is 29.7 Å². The lowest BCUT2D eigenvalue weighted by atomic mass is 9.98. The first-order valence-electron chi connectivity index (χ1n) is 10.3. The normalized spacial score (nSPS) is 12.1. The predicted molar refractivity (Wildman–Crippen MR) is 118 cm³/mol. The molecule has 0 saturated carbocycles. The number of amides is 1. The van der Waals surface area contributed by atoms with Crippen LogP contribution in [0.15, 0.2) is 67.0 Å². The fourth-order valence-electron chi connectivity index (χ4n) is 3.24. The molecule has 3 aromatic rings. The lowest BCUT2D eigenvalue weighted by molar-refractivity contribution is 0.0931. The largest absolute Gasteiger partial charge is 0.492 e. The number of nitrogens with zero attached hydrogens (tertiary/aromatic N) is 1. The number of ketones is 1. The highest BCUT2D eigenvalue weighted by Gasteiger charge is 2.23. The Morgan fingerprint density at radius 2 is 1.84 bits per heavy atom. The molecule has 1 aliphatic heterocycles. The first kappa shape index (κ1) is 22.0. The van der Waals surface area contributed by atoms with Crippen molar-refractivity contribution in [3.05, 3.63) is 89.2 Å². The maximum absolute atomic E-state index is 12.0. The SMILES string of the molecule is CCCc1c(OCc2ccncc2)ccc2c1OCCC2=O.NC(=O)c1ccccc1. The molecule has 0 aliphatic carbocycles. The molecular weight excluding hydrogens is 392 g/mol. The quantitative estimate of drug-likeness (QED) is 0.642. The topological polar surface area (TPSA) is 91.5 Å². The van der Waals surface area contributed by atoms with Crippen LogP contribution in [-0.4, -0.2) is 23.3 Å². The van der Waals surface area contributed by atoms with Crippen LogP contribution in [-0.2, 0) is 13.0 Å². The molecule has 6 heteroatoms. The van der Waals surface area contributed by atoms with Crippen molar-refractivity contribution in [2.45, 2.75) is 32.8 Å². The Hall–Kier alpha value is -3.67. The van der Waals surface area contributed by atoms with E-state index in [1.54, 1.807) is 36.7 Å². The number of rotatable bonds is 6. The zero-order valence-corrected chi connectivity index (χ0v) is 17.5. The molecule has 1 aliphatic rings. The lowest BCUT2D eigenvalue weighted by Gasteiger charge is -2.22. The first-order chi connectivity index (χ1) is 15.1. The van der Waals surface area contributed by atoms with Crippen molar-refractivity contribution in [1.29, 1.82) is 0 Å². The molecule has 1 aromatic heterocycles. The summed E-state index contributed by atoms with van der Waals surface area (Å²) in [5.74, 6) is 1.28. The molecule has 0 spiro atoms. The number of Topliss-reactive ketones (excluding diaryl/α,β-unsaturated/α-hetero) is 1. The molecule has 4 rings (SSSR count). The number of benzene rings is 2. The number of ether oxygens (including phenoxy) is 2. The molecule has 6 nitrogen and oxygen atoms in total. The maximum Gasteiger partial charge on any atom is 0.248 e. The van der Waals surface area contributed by atoms with Gasteiger partial charge in [0, 0.05) is 29.9 Å². The molecule has 0 fully saturated rings. The van der Waals surface area contributed by atoms with Crippen molar-refractivity contribution in [2.24, 2.45) is 5.73 Å². The molecule has 2 N–H and O–H groups in total. The van der Waals surface area contributed by atoms with Gasteiger partial charge in [-0.1, -0.05) is 31.5 Å². The number of fused-ring (bicyclic) bond motifs is 1. The second-order valence-corrected chi connectivity index (χ2v) is 7.06. The summed E-state index contributed by atoms with van der Waals surface area (Å²) in [6.45, 7) is 3.04. The number of hydrogen-bond donors (Lipinski definition) is 1. The molecule has 0 radical (unpaired) electrons. The first-order valence-corrected chi connectivity index (χ1v) is 10.3. The number of primary amides is 1. The summed E-state index contributed by atoms with van der Waals surface area (Å²) in [7, 11) is 0. The number of nitrogens with two attached hydrogens (primary N) is 1. The molecule has 0 bridgehead atoms.